The van der Waals surface area contributed by atoms with Crippen LogP contribution in [0.5, 0.6) is 0 Å². The first-order chi connectivity index (χ1) is 21.7. The smallest absolute Gasteiger partial charge is 0.325 e. The number of aliphatic carboxylic acids is 1. The Morgan fingerprint density at radius 3 is 2.15 bits per heavy atom. The second-order valence-electron chi connectivity index (χ2n) is 9.59. The number of carboxylic acids is 1. The highest BCUT2D eigenvalue weighted by Gasteiger charge is 2.20. The van der Waals surface area contributed by atoms with Crippen molar-refractivity contribution in [3.63, 3.8) is 0 Å². The van der Waals surface area contributed by atoms with Crippen molar-refractivity contribution >= 4 is 58.7 Å². The summed E-state index contributed by atoms with van der Waals surface area (Å²) in [7, 11) is 0. The molecule has 0 fully saturated rings. The Hall–Kier alpha value is -5.44. The number of carbonyl (C=O) groups is 8. The zero-order chi connectivity index (χ0) is 34.4. The summed E-state index contributed by atoms with van der Waals surface area (Å²) in [4.78, 5) is 102. The van der Waals surface area contributed by atoms with Gasteiger partial charge in [-0.2, -0.15) is 0 Å². The Morgan fingerprint density at radius 1 is 0.870 bits per heavy atom. The minimum Gasteiger partial charge on any atom is -0.480 e. The van der Waals surface area contributed by atoms with E-state index in [2.05, 4.69) is 41.9 Å². The summed E-state index contributed by atoms with van der Waals surface area (Å²) in [6.45, 7) is 1.14. The van der Waals surface area contributed by atoms with E-state index in [1.165, 1.54) is 25.5 Å². The van der Waals surface area contributed by atoms with E-state index < -0.39 is 85.1 Å². The molecule has 0 aromatic carbocycles. The largest absolute Gasteiger partial charge is 0.480 e. The molecule has 46 heavy (non-hydrogen) atoms. The molecule has 2 rings (SSSR count). The predicted molar refractivity (Wildman–Crippen MR) is 157 cm³/mol. The van der Waals surface area contributed by atoms with Crippen LogP contribution >= 0.6 is 11.3 Å². The maximum Gasteiger partial charge on any atom is 0.325 e. The predicted octanol–water partition coefficient (Wildman–Crippen LogP) is -3.94. The van der Waals surface area contributed by atoms with Gasteiger partial charge in [0.25, 0.3) is 5.91 Å². The summed E-state index contributed by atoms with van der Waals surface area (Å²) in [5.41, 5.74) is 10.9. The van der Waals surface area contributed by atoms with E-state index in [1.807, 2.05) is 0 Å². The summed E-state index contributed by atoms with van der Waals surface area (Å²) in [5, 5.41) is 24.5. The van der Waals surface area contributed by atoms with Crippen LogP contribution < -0.4 is 43.4 Å². The Balaban J connectivity index is 1.75. The minimum atomic E-state index is -1.24. The van der Waals surface area contributed by atoms with Crippen LogP contribution in [0.4, 0.5) is 0 Å². The van der Waals surface area contributed by atoms with Crippen LogP contribution in [0, 0.1) is 0 Å². The molecule has 0 aliphatic carbocycles. The van der Waals surface area contributed by atoms with Crippen molar-refractivity contribution in [2.45, 2.75) is 51.4 Å². The van der Waals surface area contributed by atoms with E-state index >= 15 is 0 Å². The molecule has 20 nitrogen and oxygen atoms in total. The molecule has 250 valence electrons. The van der Waals surface area contributed by atoms with Crippen molar-refractivity contribution in [3.05, 3.63) is 23.2 Å². The van der Waals surface area contributed by atoms with Gasteiger partial charge in [-0.25, -0.2) is 9.97 Å². The highest BCUT2D eigenvalue weighted by molar-refractivity contribution is 7.13. The standard InChI is InChI=1S/C25H34N10O10S/c1-11(32-19(39)7-29-22(41)13(26)3-4-16(27)36)21(40)31-8-20-34-14(9-45-20)24-35-15(10-46-24)23(42)30-5-17(37)28-6-18(38)33-12(2)25(43)44/h9-13H,3-8,26H2,1-2H3,(H2,27,36)(H,28,37)(H,29,41)(H,30,42)(H,31,40)(H,32,39)(H,33,38)(H,43,44)/t11-,12-,13-/m0/s1. The molecular weight excluding hydrogens is 632 g/mol. The molecule has 2 aromatic heterocycles. The summed E-state index contributed by atoms with van der Waals surface area (Å²) in [6.07, 6.45) is 1.19. The molecule has 21 heteroatoms. The van der Waals surface area contributed by atoms with E-state index in [0.717, 1.165) is 11.3 Å². The first kappa shape index (κ1) is 36.8. The van der Waals surface area contributed by atoms with Crippen molar-refractivity contribution in [2.24, 2.45) is 11.5 Å². The topological polar surface area (TPSA) is 320 Å². The second kappa shape index (κ2) is 17.8. The zero-order valence-corrected chi connectivity index (χ0v) is 25.5. The molecule has 2 heterocycles. The molecule has 11 N–H and O–H groups in total. The highest BCUT2D eigenvalue weighted by Crippen LogP contribution is 2.23. The average Bonchev–Trinajstić information content (AvgIpc) is 3.69. The fraction of sp³-hybridized carbons (Fsp3) is 0.440. The molecule has 3 atom stereocenters. The number of carbonyl (C=O) groups excluding carboxylic acids is 7. The maximum atomic E-state index is 12.4. The SMILES string of the molecule is C[C@H](NC(=O)CNC(=O)CNC(=O)c1csc(-c2coc(CNC(=O)[C@H](C)NC(=O)CNC(=O)[C@@H](N)CCC(N)=O)n2)n1)C(=O)O. The van der Waals surface area contributed by atoms with Gasteiger partial charge in [0, 0.05) is 11.8 Å². The van der Waals surface area contributed by atoms with E-state index in [-0.39, 0.29) is 36.7 Å². The van der Waals surface area contributed by atoms with Gasteiger partial charge in [0.2, 0.25) is 41.3 Å². The normalized spacial score (nSPS) is 12.5. The van der Waals surface area contributed by atoms with Gasteiger partial charge < -0.3 is 52.9 Å². The number of primary amides is 1. The lowest BCUT2D eigenvalue weighted by molar-refractivity contribution is -0.141. The van der Waals surface area contributed by atoms with Crippen molar-refractivity contribution in [1.29, 1.82) is 0 Å². The number of hydrogen-bond acceptors (Lipinski definition) is 13. The highest BCUT2D eigenvalue weighted by atomic mass is 32.1. The van der Waals surface area contributed by atoms with E-state index in [1.54, 1.807) is 0 Å². The minimum absolute atomic E-state index is 0.0208. The van der Waals surface area contributed by atoms with Crippen LogP contribution in [-0.2, 0) is 40.1 Å². The zero-order valence-electron chi connectivity index (χ0n) is 24.7. The molecule has 0 aliphatic heterocycles. The first-order valence-electron chi connectivity index (χ1n) is 13.5. The lowest BCUT2D eigenvalue weighted by Gasteiger charge is -2.15. The number of nitrogens with two attached hydrogens (primary N) is 2. The molecule has 0 saturated carbocycles. The Kier molecular flexibility index (Phi) is 14.2. The van der Waals surface area contributed by atoms with E-state index in [4.69, 9.17) is 21.0 Å². The summed E-state index contributed by atoms with van der Waals surface area (Å²) >= 11 is 1.06. The molecule has 7 amide bonds. The number of carboxylic acid groups (broad SMARTS) is 1. The van der Waals surface area contributed by atoms with Gasteiger partial charge in [-0.3, -0.25) is 38.4 Å². The monoisotopic (exact) mass is 666 g/mol. The summed E-state index contributed by atoms with van der Waals surface area (Å²) < 4.78 is 5.33. The maximum absolute atomic E-state index is 12.4. The van der Waals surface area contributed by atoms with Crippen LogP contribution in [0.3, 0.4) is 0 Å². The van der Waals surface area contributed by atoms with Gasteiger partial charge in [0.05, 0.1) is 32.2 Å². The molecule has 0 unspecified atom stereocenters. The van der Waals surface area contributed by atoms with Crippen LogP contribution in [0.25, 0.3) is 10.7 Å². The summed E-state index contributed by atoms with van der Waals surface area (Å²) in [6, 6.07) is -3.14. The van der Waals surface area contributed by atoms with Crippen LogP contribution in [0.2, 0.25) is 0 Å². The second-order valence-corrected chi connectivity index (χ2v) is 10.4. The third-order valence-corrected chi connectivity index (χ3v) is 6.62. The first-order valence-corrected chi connectivity index (χ1v) is 14.4. The van der Waals surface area contributed by atoms with Crippen LogP contribution in [0.15, 0.2) is 16.1 Å². The van der Waals surface area contributed by atoms with E-state index in [9.17, 15) is 38.4 Å². The number of amides is 7. The van der Waals surface area contributed by atoms with E-state index in [0.29, 0.717) is 5.01 Å². The Labute approximate surface area is 264 Å². The quantitative estimate of drug-likeness (QED) is 0.0735. The van der Waals surface area contributed by atoms with Gasteiger partial charge in [-0.05, 0) is 20.3 Å². The summed E-state index contributed by atoms with van der Waals surface area (Å²) in [5.74, 6) is -5.73. The van der Waals surface area contributed by atoms with Crippen molar-refractivity contribution in [1.82, 2.24) is 41.9 Å². The number of oxazole rings is 1. The Bertz CT molecular complexity index is 1460. The third-order valence-electron chi connectivity index (χ3n) is 5.76. The van der Waals surface area contributed by atoms with Gasteiger partial charge in [0.1, 0.15) is 34.7 Å². The van der Waals surface area contributed by atoms with Crippen molar-refractivity contribution < 1.29 is 47.9 Å². The number of nitrogens with zero attached hydrogens (tertiary/aromatic N) is 2. The van der Waals surface area contributed by atoms with Gasteiger partial charge >= 0.3 is 5.97 Å². The van der Waals surface area contributed by atoms with Crippen LogP contribution in [-0.4, -0.2) is 100 Å². The molecular formula is C25H34N10O10S. The molecule has 0 radical (unpaired) electrons. The lowest BCUT2D eigenvalue weighted by atomic mass is 10.1. The van der Waals surface area contributed by atoms with Crippen molar-refractivity contribution in [3.8, 4) is 10.7 Å². The van der Waals surface area contributed by atoms with Gasteiger partial charge in [0.15, 0.2) is 0 Å². The number of aromatic nitrogens is 2. The number of hydrogen-bond donors (Lipinski definition) is 9. The third kappa shape index (κ3) is 12.7. The molecule has 0 bridgehead atoms. The average molecular weight is 667 g/mol. The molecule has 0 spiro atoms. The van der Waals surface area contributed by atoms with Gasteiger partial charge in [-0.15, -0.1) is 11.3 Å². The number of nitrogens with one attached hydrogen (secondary N) is 6. The molecule has 0 saturated heterocycles. The molecule has 0 aliphatic rings. The molecule has 2 aromatic rings. The van der Waals surface area contributed by atoms with Crippen LogP contribution in [0.1, 0.15) is 43.1 Å². The van der Waals surface area contributed by atoms with Gasteiger partial charge in [-0.1, -0.05) is 0 Å². The van der Waals surface area contributed by atoms with Crippen molar-refractivity contribution in [2.75, 3.05) is 19.6 Å². The lowest BCUT2D eigenvalue weighted by Crippen LogP contribution is -2.49. The fourth-order valence-electron chi connectivity index (χ4n) is 3.23. The number of rotatable bonds is 18. The number of thiazole rings is 1. The fourth-order valence-corrected chi connectivity index (χ4v) is 3.98. The Morgan fingerprint density at radius 2 is 1.50 bits per heavy atom.